The normalized spacial score (nSPS) is 13.2. The number of hydrogen-bond acceptors (Lipinski definition) is 2. The molecule has 3 nitrogen and oxygen atoms in total. The molecule has 1 unspecified atom stereocenters. The number of carbonyl (C=O) groups excluding carboxylic acids is 1. The lowest BCUT2D eigenvalue weighted by atomic mass is 9.92. The molecule has 1 atom stereocenters. The fourth-order valence-electron chi connectivity index (χ4n) is 2.03. The van der Waals surface area contributed by atoms with Gasteiger partial charge in [0.1, 0.15) is 0 Å². The van der Waals surface area contributed by atoms with Crippen molar-refractivity contribution < 1.29 is 4.79 Å². The Morgan fingerprint density at radius 1 is 1.47 bits per heavy atom. The molecule has 0 aromatic heterocycles. The molecule has 2 N–H and O–H groups in total. The average Bonchev–Trinajstić information content (AvgIpc) is 2.36. The first-order chi connectivity index (χ1) is 8.76. The van der Waals surface area contributed by atoms with E-state index in [1.54, 1.807) is 4.90 Å². The molecule has 0 spiro atoms. The van der Waals surface area contributed by atoms with Gasteiger partial charge in [-0.15, -0.1) is 0 Å². The van der Waals surface area contributed by atoms with E-state index in [1.807, 2.05) is 38.2 Å². The molecule has 106 valence electrons. The van der Waals surface area contributed by atoms with Crippen LogP contribution in [0, 0.1) is 5.41 Å². The molecule has 19 heavy (non-hydrogen) atoms. The van der Waals surface area contributed by atoms with E-state index >= 15 is 0 Å². The number of carbonyl (C=O) groups is 1. The predicted octanol–water partition coefficient (Wildman–Crippen LogP) is 2.89. The van der Waals surface area contributed by atoms with Crippen molar-refractivity contribution >= 4 is 17.5 Å². The average molecular weight is 283 g/mol. The summed E-state index contributed by atoms with van der Waals surface area (Å²) >= 11 is 5.96. The van der Waals surface area contributed by atoms with Crippen molar-refractivity contribution in [3.63, 3.8) is 0 Å². The van der Waals surface area contributed by atoms with E-state index in [4.69, 9.17) is 17.3 Å². The van der Waals surface area contributed by atoms with Crippen molar-refractivity contribution in [3.8, 4) is 0 Å². The van der Waals surface area contributed by atoms with Crippen LogP contribution in [0.15, 0.2) is 24.3 Å². The molecule has 0 radical (unpaired) electrons. The molecule has 0 aliphatic rings. The summed E-state index contributed by atoms with van der Waals surface area (Å²) in [4.78, 5) is 14.1. The summed E-state index contributed by atoms with van der Waals surface area (Å²) in [6.45, 7) is 7.21. The van der Waals surface area contributed by atoms with Gasteiger partial charge in [-0.3, -0.25) is 4.79 Å². The maximum Gasteiger partial charge on any atom is 0.229 e. The Morgan fingerprint density at radius 2 is 2.11 bits per heavy atom. The molecule has 0 bridgehead atoms. The van der Waals surface area contributed by atoms with Crippen molar-refractivity contribution in [1.29, 1.82) is 0 Å². The van der Waals surface area contributed by atoms with Gasteiger partial charge in [0.2, 0.25) is 5.91 Å². The second-order valence-corrected chi connectivity index (χ2v) is 6.28. The zero-order chi connectivity index (χ0) is 14.6. The van der Waals surface area contributed by atoms with Gasteiger partial charge in [-0.2, -0.15) is 0 Å². The van der Waals surface area contributed by atoms with Crippen LogP contribution in [0.2, 0.25) is 5.02 Å². The molecule has 1 rings (SSSR count). The van der Waals surface area contributed by atoms with Gasteiger partial charge in [-0.25, -0.2) is 0 Å². The zero-order valence-electron chi connectivity index (χ0n) is 12.1. The first-order valence-electron chi connectivity index (χ1n) is 6.47. The van der Waals surface area contributed by atoms with Crippen molar-refractivity contribution in [2.45, 2.75) is 26.7 Å². The van der Waals surface area contributed by atoms with Gasteiger partial charge < -0.3 is 10.6 Å². The van der Waals surface area contributed by atoms with E-state index in [2.05, 4.69) is 13.8 Å². The predicted molar refractivity (Wildman–Crippen MR) is 80.3 cm³/mol. The third-order valence-corrected chi connectivity index (χ3v) is 3.55. The standard InChI is InChI=1S/C15H23ClN2O/c1-11(12-6-5-7-13(16)8-12)14(19)18(4)10-15(2,3)9-17/h5-8,11H,9-10,17H2,1-4H3. The highest BCUT2D eigenvalue weighted by Gasteiger charge is 2.25. The van der Waals surface area contributed by atoms with Crippen molar-refractivity contribution in [1.82, 2.24) is 4.90 Å². The Balaban J connectivity index is 2.77. The lowest BCUT2D eigenvalue weighted by molar-refractivity contribution is -0.132. The molecule has 0 fully saturated rings. The third kappa shape index (κ3) is 4.51. The molecule has 1 aromatic rings. The molecule has 1 aromatic carbocycles. The minimum absolute atomic E-state index is 0.0710. The van der Waals surface area contributed by atoms with E-state index in [1.165, 1.54) is 0 Å². The highest BCUT2D eigenvalue weighted by atomic mass is 35.5. The number of amides is 1. The smallest absolute Gasteiger partial charge is 0.229 e. The van der Waals surface area contributed by atoms with Crippen LogP contribution in [0.4, 0.5) is 0 Å². The molecule has 0 aliphatic carbocycles. The van der Waals surface area contributed by atoms with Gasteiger partial charge in [0, 0.05) is 18.6 Å². The summed E-state index contributed by atoms with van der Waals surface area (Å²) in [5.41, 5.74) is 6.58. The SMILES string of the molecule is CC(C(=O)N(C)CC(C)(C)CN)c1cccc(Cl)c1. The van der Waals surface area contributed by atoms with E-state index in [9.17, 15) is 4.79 Å². The van der Waals surface area contributed by atoms with Crippen LogP contribution < -0.4 is 5.73 Å². The van der Waals surface area contributed by atoms with Crippen molar-refractivity contribution in [3.05, 3.63) is 34.9 Å². The first kappa shape index (κ1) is 16.0. The Morgan fingerprint density at radius 3 is 2.63 bits per heavy atom. The van der Waals surface area contributed by atoms with E-state index in [0.29, 0.717) is 18.1 Å². The van der Waals surface area contributed by atoms with Crippen LogP contribution >= 0.6 is 11.6 Å². The van der Waals surface area contributed by atoms with Gasteiger partial charge in [-0.1, -0.05) is 37.6 Å². The number of hydrogen-bond donors (Lipinski definition) is 1. The summed E-state index contributed by atoms with van der Waals surface area (Å²) in [5.74, 6) is -0.110. The second-order valence-electron chi connectivity index (χ2n) is 5.84. The summed E-state index contributed by atoms with van der Waals surface area (Å²) in [6, 6.07) is 7.44. The topological polar surface area (TPSA) is 46.3 Å². The maximum atomic E-state index is 12.4. The summed E-state index contributed by atoms with van der Waals surface area (Å²) in [6.07, 6.45) is 0. The van der Waals surface area contributed by atoms with Crippen LogP contribution in [0.5, 0.6) is 0 Å². The summed E-state index contributed by atoms with van der Waals surface area (Å²) < 4.78 is 0. The van der Waals surface area contributed by atoms with Gasteiger partial charge in [-0.05, 0) is 36.6 Å². The fraction of sp³-hybridized carbons (Fsp3) is 0.533. The van der Waals surface area contributed by atoms with Crippen molar-refractivity contribution in [2.24, 2.45) is 11.1 Å². The van der Waals surface area contributed by atoms with Gasteiger partial charge >= 0.3 is 0 Å². The number of nitrogens with zero attached hydrogens (tertiary/aromatic N) is 1. The Labute approximate surface area is 120 Å². The van der Waals surface area contributed by atoms with Gasteiger partial charge in [0.05, 0.1) is 5.92 Å². The summed E-state index contributed by atoms with van der Waals surface area (Å²) in [5, 5.41) is 0.655. The van der Waals surface area contributed by atoms with Crippen LogP contribution in [0.1, 0.15) is 32.3 Å². The molecule has 1 amide bonds. The maximum absolute atomic E-state index is 12.4. The van der Waals surface area contributed by atoms with E-state index < -0.39 is 0 Å². The number of halogens is 1. The Kier molecular flexibility index (Phi) is 5.39. The lowest BCUT2D eigenvalue weighted by Gasteiger charge is -2.30. The monoisotopic (exact) mass is 282 g/mol. The number of likely N-dealkylation sites (N-methyl/N-ethyl adjacent to an activating group) is 1. The minimum atomic E-state index is -0.197. The third-order valence-electron chi connectivity index (χ3n) is 3.31. The van der Waals surface area contributed by atoms with Gasteiger partial charge in [0.15, 0.2) is 0 Å². The van der Waals surface area contributed by atoms with Crippen LogP contribution in [0.25, 0.3) is 0 Å². The van der Waals surface area contributed by atoms with E-state index in [0.717, 1.165) is 5.56 Å². The minimum Gasteiger partial charge on any atom is -0.345 e. The number of benzene rings is 1. The quantitative estimate of drug-likeness (QED) is 0.903. The number of nitrogens with two attached hydrogens (primary N) is 1. The second kappa shape index (κ2) is 6.40. The van der Waals surface area contributed by atoms with Crippen LogP contribution in [-0.2, 0) is 4.79 Å². The highest BCUT2D eigenvalue weighted by molar-refractivity contribution is 6.30. The molecular formula is C15H23ClN2O. The van der Waals surface area contributed by atoms with Crippen LogP contribution in [0.3, 0.4) is 0 Å². The molecule has 0 saturated heterocycles. The largest absolute Gasteiger partial charge is 0.345 e. The Bertz CT molecular complexity index is 446. The zero-order valence-corrected chi connectivity index (χ0v) is 12.9. The lowest BCUT2D eigenvalue weighted by Crippen LogP contribution is -2.41. The van der Waals surface area contributed by atoms with E-state index in [-0.39, 0.29) is 17.2 Å². The molecular weight excluding hydrogens is 260 g/mol. The molecule has 0 aliphatic heterocycles. The number of rotatable bonds is 5. The molecule has 0 heterocycles. The van der Waals surface area contributed by atoms with Crippen LogP contribution in [-0.4, -0.2) is 30.9 Å². The molecule has 0 saturated carbocycles. The van der Waals surface area contributed by atoms with Crippen molar-refractivity contribution in [2.75, 3.05) is 20.1 Å². The van der Waals surface area contributed by atoms with Gasteiger partial charge in [0.25, 0.3) is 0 Å². The molecule has 4 heteroatoms. The first-order valence-corrected chi connectivity index (χ1v) is 6.85. The highest BCUT2D eigenvalue weighted by Crippen LogP contribution is 2.22. The fourth-order valence-corrected chi connectivity index (χ4v) is 2.23. The Hall–Kier alpha value is -1.06. The summed E-state index contributed by atoms with van der Waals surface area (Å²) in [7, 11) is 1.82.